The number of pyridine rings is 1. The third-order valence-electron chi connectivity index (χ3n) is 10.8. The van der Waals surface area contributed by atoms with Crippen LogP contribution in [0.25, 0.3) is 0 Å². The molecule has 0 amide bonds. The summed E-state index contributed by atoms with van der Waals surface area (Å²) in [6.45, 7) is 45.8. The number of aromatic nitrogens is 1. The van der Waals surface area contributed by atoms with Gasteiger partial charge in [-0.15, -0.1) is 0 Å². The van der Waals surface area contributed by atoms with Gasteiger partial charge < -0.3 is 9.80 Å². The number of nitrogens with zero attached hydrogens (tertiary/aromatic N) is 6. The molecule has 3 aliphatic heterocycles. The van der Waals surface area contributed by atoms with Gasteiger partial charge in [0.1, 0.15) is 5.82 Å². The molecule has 3 aliphatic rings. The zero-order valence-corrected chi connectivity index (χ0v) is 35.4. The maximum Gasteiger partial charge on any atom is 0.128 e. The van der Waals surface area contributed by atoms with Gasteiger partial charge in [-0.05, 0) is 128 Å². The molecule has 6 heteroatoms. The fraction of sp³-hybridized carbons (Fsp3) is 0.750. The Morgan fingerprint density at radius 2 is 0.780 bits per heavy atom. The Morgan fingerprint density at radius 3 is 1.12 bits per heavy atom. The van der Waals surface area contributed by atoms with Crippen LogP contribution in [0.4, 0.5) is 11.5 Å². The smallest absolute Gasteiger partial charge is 0.128 e. The summed E-state index contributed by atoms with van der Waals surface area (Å²) in [4.78, 5) is 17.3. The van der Waals surface area contributed by atoms with E-state index in [4.69, 9.17) is 0 Å². The van der Waals surface area contributed by atoms with E-state index in [1.807, 2.05) is 6.20 Å². The van der Waals surface area contributed by atoms with E-state index < -0.39 is 0 Å². The average molecular weight is 691 g/mol. The van der Waals surface area contributed by atoms with Gasteiger partial charge in [-0.25, -0.2) is 4.98 Å². The molecule has 6 nitrogen and oxygen atoms in total. The van der Waals surface area contributed by atoms with Gasteiger partial charge in [-0.3, -0.25) is 14.7 Å². The normalized spacial score (nSPS) is 19.3. The molecule has 5 rings (SSSR count). The van der Waals surface area contributed by atoms with Gasteiger partial charge in [0.05, 0.1) is 0 Å². The van der Waals surface area contributed by atoms with Gasteiger partial charge in [0, 0.05) is 80.9 Å². The van der Waals surface area contributed by atoms with E-state index in [0.717, 1.165) is 58.2 Å². The van der Waals surface area contributed by atoms with Crippen LogP contribution in [0.5, 0.6) is 0 Å². The largest absolute Gasteiger partial charge is 0.369 e. The third-order valence-corrected chi connectivity index (χ3v) is 10.8. The van der Waals surface area contributed by atoms with E-state index in [9.17, 15) is 0 Å². The number of piperazine rings is 2. The number of piperidine rings is 1. The van der Waals surface area contributed by atoms with Gasteiger partial charge in [0.2, 0.25) is 0 Å². The molecule has 2 aromatic rings. The van der Waals surface area contributed by atoms with Gasteiger partial charge in [0.25, 0.3) is 0 Å². The monoisotopic (exact) mass is 691 g/mol. The molecule has 0 saturated carbocycles. The summed E-state index contributed by atoms with van der Waals surface area (Å²) in [7, 11) is 0. The number of anilines is 2. The van der Waals surface area contributed by atoms with E-state index >= 15 is 0 Å². The van der Waals surface area contributed by atoms with Crippen LogP contribution in [0.15, 0.2) is 42.6 Å². The van der Waals surface area contributed by atoms with Crippen LogP contribution in [-0.2, 0) is 10.8 Å². The fourth-order valence-corrected chi connectivity index (χ4v) is 7.00. The number of benzene rings is 1. The van der Waals surface area contributed by atoms with Crippen LogP contribution < -0.4 is 9.80 Å². The number of rotatable bonds is 2. The van der Waals surface area contributed by atoms with Crippen molar-refractivity contribution in [2.24, 2.45) is 0 Å². The first-order chi connectivity index (χ1) is 23.0. The van der Waals surface area contributed by atoms with Crippen molar-refractivity contribution in [3.63, 3.8) is 0 Å². The van der Waals surface area contributed by atoms with E-state index in [2.05, 4.69) is 170 Å². The zero-order chi connectivity index (χ0) is 37.5. The quantitative estimate of drug-likeness (QED) is 0.312. The summed E-state index contributed by atoms with van der Waals surface area (Å²) in [6, 6.07) is 13.5. The first-order valence-electron chi connectivity index (χ1n) is 19.8. The molecule has 4 heterocycles. The van der Waals surface area contributed by atoms with Gasteiger partial charge in [-0.1, -0.05) is 66.2 Å². The molecule has 284 valence electrons. The van der Waals surface area contributed by atoms with Gasteiger partial charge in [-0.2, -0.15) is 0 Å². The maximum atomic E-state index is 4.66. The topological polar surface area (TPSA) is 29.1 Å². The highest BCUT2D eigenvalue weighted by molar-refractivity contribution is 5.49. The Balaban J connectivity index is 0.000000214. The van der Waals surface area contributed by atoms with Gasteiger partial charge in [0.15, 0.2) is 0 Å². The summed E-state index contributed by atoms with van der Waals surface area (Å²) in [5, 5.41) is 0. The highest BCUT2D eigenvalue weighted by atomic mass is 15.3. The van der Waals surface area contributed by atoms with Crippen molar-refractivity contribution in [3.05, 3.63) is 53.7 Å². The predicted molar refractivity (Wildman–Crippen MR) is 220 cm³/mol. The summed E-state index contributed by atoms with van der Waals surface area (Å²) in [5.41, 5.74) is 5.47. The molecule has 0 spiro atoms. The second-order valence-corrected chi connectivity index (χ2v) is 20.0. The number of hydrogen-bond donors (Lipinski definition) is 0. The fourth-order valence-electron chi connectivity index (χ4n) is 7.00. The molecule has 0 atom stereocenters. The Labute approximate surface area is 310 Å². The number of hydrogen-bond acceptors (Lipinski definition) is 6. The molecular weight excluding hydrogens is 613 g/mol. The summed E-state index contributed by atoms with van der Waals surface area (Å²) in [6.07, 6.45) is 6.27. The van der Waals surface area contributed by atoms with Crippen LogP contribution in [0.3, 0.4) is 0 Å². The predicted octanol–water partition coefficient (Wildman–Crippen LogP) is 9.48. The molecule has 0 N–H and O–H groups in total. The van der Waals surface area contributed by atoms with E-state index in [1.165, 1.54) is 49.2 Å². The third kappa shape index (κ3) is 13.1. The van der Waals surface area contributed by atoms with Crippen LogP contribution >= 0.6 is 0 Å². The second-order valence-electron chi connectivity index (χ2n) is 20.0. The minimum absolute atomic E-state index is 0.177. The molecule has 0 radical (unpaired) electrons. The SMILES string of the molecule is CC(C)(C)N1CCCCC1.CC(C)(C)c1ccc(N2CCN(C(C)(C)C)CC2)cc1.CC(C)(C)c1ccc(N2CCN(C(C)(C)C)CC2)nc1. The molecular formula is C44H78N6. The molecule has 0 aliphatic carbocycles. The van der Waals surface area contributed by atoms with Gasteiger partial charge >= 0.3 is 0 Å². The van der Waals surface area contributed by atoms with Crippen molar-refractivity contribution in [2.45, 2.75) is 151 Å². The lowest BCUT2D eigenvalue weighted by Gasteiger charge is -2.43. The highest BCUT2D eigenvalue weighted by Crippen LogP contribution is 2.27. The van der Waals surface area contributed by atoms with E-state index in [0.29, 0.717) is 11.1 Å². The standard InChI is InChI=1S/C18H30N2.C17H29N3.C9H19N/c1-17(2,3)15-7-9-16(10-8-15)19-11-13-20(14-12-19)18(4,5)6;1-16(2,3)14-7-8-15(18-13-14)19-9-11-20(12-10-19)17(4,5)6;1-9(2,3)10-7-5-4-6-8-10/h7-10H,11-14H2,1-6H3;7-8,13H,9-12H2,1-6H3;4-8H2,1-3H3. The molecule has 1 aromatic heterocycles. The Morgan fingerprint density at radius 1 is 0.400 bits per heavy atom. The van der Waals surface area contributed by atoms with Crippen LogP contribution in [0, 0.1) is 0 Å². The lowest BCUT2D eigenvalue weighted by Crippen LogP contribution is -2.53. The average Bonchev–Trinajstić information content (AvgIpc) is 3.04. The summed E-state index contributed by atoms with van der Waals surface area (Å²) < 4.78 is 0. The molecule has 3 saturated heterocycles. The minimum Gasteiger partial charge on any atom is -0.369 e. The van der Waals surface area contributed by atoms with Crippen molar-refractivity contribution in [3.8, 4) is 0 Å². The molecule has 3 fully saturated rings. The van der Waals surface area contributed by atoms with Crippen LogP contribution in [0.1, 0.15) is 134 Å². The lowest BCUT2D eigenvalue weighted by molar-refractivity contribution is 0.111. The van der Waals surface area contributed by atoms with Crippen molar-refractivity contribution in [2.75, 3.05) is 75.2 Å². The molecule has 1 aromatic carbocycles. The van der Waals surface area contributed by atoms with Crippen molar-refractivity contribution in [1.82, 2.24) is 19.7 Å². The Bertz CT molecular complexity index is 1160. The highest BCUT2D eigenvalue weighted by Gasteiger charge is 2.28. The summed E-state index contributed by atoms with van der Waals surface area (Å²) in [5.74, 6) is 1.12. The first-order valence-corrected chi connectivity index (χ1v) is 19.8. The van der Waals surface area contributed by atoms with E-state index in [-0.39, 0.29) is 16.4 Å². The lowest BCUT2D eigenvalue weighted by atomic mass is 9.87. The van der Waals surface area contributed by atoms with Crippen LogP contribution in [-0.4, -0.2) is 102 Å². The zero-order valence-electron chi connectivity index (χ0n) is 35.4. The van der Waals surface area contributed by atoms with Crippen LogP contribution in [0.2, 0.25) is 0 Å². The van der Waals surface area contributed by atoms with Crippen molar-refractivity contribution < 1.29 is 0 Å². The van der Waals surface area contributed by atoms with Crippen molar-refractivity contribution in [1.29, 1.82) is 0 Å². The second kappa shape index (κ2) is 17.1. The Kier molecular flexibility index (Phi) is 14.5. The van der Waals surface area contributed by atoms with E-state index in [1.54, 1.807) is 0 Å². The summed E-state index contributed by atoms with van der Waals surface area (Å²) >= 11 is 0. The molecule has 50 heavy (non-hydrogen) atoms. The Hall–Kier alpha value is -2.15. The molecule has 0 unspecified atom stereocenters. The first kappa shape index (κ1) is 42.3. The minimum atomic E-state index is 0.177. The molecule has 0 bridgehead atoms. The maximum absolute atomic E-state index is 4.66. The van der Waals surface area contributed by atoms with Crippen molar-refractivity contribution >= 4 is 11.5 Å². The number of likely N-dealkylation sites (tertiary alicyclic amines) is 1.